The number of likely N-dealkylation sites (N-methyl/N-ethyl adjacent to an activating group) is 2. The molecule has 0 atom stereocenters. The van der Waals surface area contributed by atoms with Crippen LogP contribution in [0.4, 0.5) is 0 Å². The molecule has 0 spiro atoms. The maximum Gasteiger partial charge on any atom is 1.00 e. The third-order valence-corrected chi connectivity index (χ3v) is 5.59. The number of hydrogen-bond acceptors (Lipinski definition) is 15. The second-order valence-corrected chi connectivity index (χ2v) is 8.43. The summed E-state index contributed by atoms with van der Waals surface area (Å²) in [5.74, 6) is -6.75. The van der Waals surface area contributed by atoms with Crippen LogP contribution in [0.3, 0.4) is 0 Å². The summed E-state index contributed by atoms with van der Waals surface area (Å²) in [6.45, 7) is 4.08. The summed E-state index contributed by atoms with van der Waals surface area (Å²) in [4.78, 5) is 62.6. The van der Waals surface area contributed by atoms with E-state index in [4.69, 9.17) is 0 Å². The fraction of sp³-hybridized carbons (Fsp3) is 0.773. The molecule has 0 bridgehead atoms. The van der Waals surface area contributed by atoms with Crippen molar-refractivity contribution in [2.24, 2.45) is 0 Å². The van der Waals surface area contributed by atoms with Gasteiger partial charge in [0.15, 0.2) is 0 Å². The molecule has 0 radical (unpaired) electrons. The van der Waals surface area contributed by atoms with Crippen LogP contribution in [0.15, 0.2) is 0 Å². The second kappa shape index (κ2) is 34.5. The molecule has 0 saturated carbocycles. The molecule has 0 aliphatic carbocycles. The average Bonchev–Trinajstić information content (AvgIpc) is 2.77. The first kappa shape index (κ1) is 56.5. The van der Waals surface area contributed by atoms with E-state index >= 15 is 0 Å². The van der Waals surface area contributed by atoms with Gasteiger partial charge in [-0.15, -0.1) is 0 Å². The minimum absolute atomic E-state index is 0. The van der Waals surface area contributed by atoms with Crippen molar-refractivity contribution in [2.45, 2.75) is 13.8 Å². The third kappa shape index (κ3) is 33.5. The van der Waals surface area contributed by atoms with Gasteiger partial charge in [-0.05, 0) is 13.1 Å². The smallest absolute Gasteiger partial charge is 0.549 e. The van der Waals surface area contributed by atoms with Crippen LogP contribution < -0.4 is 173 Å². The zero-order valence-electron chi connectivity index (χ0n) is 26.4. The van der Waals surface area contributed by atoms with E-state index in [0.29, 0.717) is 26.2 Å². The van der Waals surface area contributed by atoms with Crippen molar-refractivity contribution in [3.05, 3.63) is 0 Å². The molecule has 0 aromatic heterocycles. The molecule has 0 rings (SSSR count). The molecule has 214 valence electrons. The predicted molar refractivity (Wildman–Crippen MR) is 119 cm³/mol. The van der Waals surface area contributed by atoms with Crippen molar-refractivity contribution >= 4 is 29.8 Å². The fourth-order valence-corrected chi connectivity index (χ4v) is 3.58. The van der Waals surface area contributed by atoms with Crippen LogP contribution in [0.1, 0.15) is 13.8 Å². The molecule has 20 heteroatoms. The molecule has 42 heavy (non-hydrogen) atoms. The van der Waals surface area contributed by atoms with Gasteiger partial charge >= 0.3 is 148 Å². The summed E-state index contributed by atoms with van der Waals surface area (Å²) >= 11 is 0. The van der Waals surface area contributed by atoms with Crippen LogP contribution in [0, 0.1) is 0 Å². The predicted octanol–water partition coefficient (Wildman–Crippen LogP) is -23.7. The van der Waals surface area contributed by atoms with Crippen LogP contribution in [0.2, 0.25) is 0 Å². The second-order valence-electron chi connectivity index (χ2n) is 8.43. The molecule has 0 aromatic carbocycles. The molecule has 0 aromatic rings. The van der Waals surface area contributed by atoms with E-state index in [1.54, 1.807) is 16.7 Å². The summed E-state index contributed by atoms with van der Waals surface area (Å²) in [6, 6.07) is 0. The van der Waals surface area contributed by atoms with E-state index < -0.39 is 56.0 Å². The van der Waals surface area contributed by atoms with Crippen LogP contribution in [-0.4, -0.2) is 153 Å². The monoisotopic (exact) mass is 645 g/mol. The molecule has 15 nitrogen and oxygen atoms in total. The van der Waals surface area contributed by atoms with Gasteiger partial charge in [-0.1, -0.05) is 13.8 Å². The third-order valence-electron chi connectivity index (χ3n) is 5.59. The van der Waals surface area contributed by atoms with Gasteiger partial charge in [-0.2, -0.15) is 0 Å². The number of carbonyl (C=O) groups is 5. The molecule has 0 amide bonds. The summed E-state index contributed by atoms with van der Waals surface area (Å²) in [7, 11) is 0. The van der Waals surface area contributed by atoms with Crippen molar-refractivity contribution < 1.29 is 197 Å². The number of nitrogens with zero attached hydrogens (tertiary/aromatic N) is 5. The van der Waals surface area contributed by atoms with Crippen molar-refractivity contribution in [3.63, 3.8) is 0 Å². The first-order valence-corrected chi connectivity index (χ1v) is 12.0. The molecule has 0 fully saturated rings. The van der Waals surface area contributed by atoms with Crippen LogP contribution in [-0.2, 0) is 24.0 Å². The van der Waals surface area contributed by atoms with Gasteiger partial charge in [0.1, 0.15) is 0 Å². The van der Waals surface area contributed by atoms with Crippen LogP contribution in [0.5, 0.6) is 0 Å². The van der Waals surface area contributed by atoms with Crippen LogP contribution >= 0.6 is 0 Å². The summed E-state index contributed by atoms with van der Waals surface area (Å²) < 4.78 is 0. The minimum Gasteiger partial charge on any atom is -0.549 e. The quantitative estimate of drug-likeness (QED) is 0.0891. The largest absolute Gasteiger partial charge is 1.00 e. The molecule has 0 aliphatic rings. The number of hydrogen-bond donors (Lipinski definition) is 0. The normalized spacial score (nSPS) is 10.3. The SMILES string of the molecule is CCN(CCN(CCN(CCN(CC)CC(=O)[O-])CC(=O)[O-])CC(=O)[O-])CCN(CC(=O)[O-])CC(=O)[O-].[Na+].[Na+].[Na+].[Na+].[Na+]. The molecule has 0 aliphatic heterocycles. The Morgan fingerprint density at radius 2 is 0.548 bits per heavy atom. The Hall–Kier alpha value is 2.15. The Bertz CT molecular complexity index is 745. The van der Waals surface area contributed by atoms with E-state index in [2.05, 4.69) is 0 Å². The molecular weight excluding hydrogens is 609 g/mol. The van der Waals surface area contributed by atoms with E-state index in [0.717, 1.165) is 4.90 Å². The number of carbonyl (C=O) groups excluding carboxylic acids is 5. The first-order valence-electron chi connectivity index (χ1n) is 12.0. The molecule has 0 heterocycles. The molecule has 0 saturated heterocycles. The minimum atomic E-state index is -1.42. The number of carboxylic acids is 5. The summed E-state index contributed by atoms with van der Waals surface area (Å²) in [6.07, 6.45) is 0. The van der Waals surface area contributed by atoms with E-state index in [9.17, 15) is 49.5 Å². The van der Waals surface area contributed by atoms with Gasteiger partial charge in [0.2, 0.25) is 0 Å². The van der Waals surface area contributed by atoms with Gasteiger partial charge in [0.25, 0.3) is 0 Å². The zero-order chi connectivity index (χ0) is 28.4. The topological polar surface area (TPSA) is 217 Å². The average molecular weight is 646 g/mol. The van der Waals surface area contributed by atoms with Crippen molar-refractivity contribution in [1.82, 2.24) is 24.5 Å². The Kier molecular flexibility index (Phi) is 46.4. The van der Waals surface area contributed by atoms with E-state index in [-0.39, 0.29) is 194 Å². The van der Waals surface area contributed by atoms with Gasteiger partial charge in [-0.3, -0.25) is 19.6 Å². The van der Waals surface area contributed by atoms with Gasteiger partial charge in [0, 0.05) is 85.1 Å². The maximum atomic E-state index is 11.2. The Morgan fingerprint density at radius 1 is 0.357 bits per heavy atom. The van der Waals surface area contributed by atoms with E-state index in [1.165, 1.54) is 4.90 Å². The molecule has 0 N–H and O–H groups in total. The van der Waals surface area contributed by atoms with Crippen molar-refractivity contribution in [3.8, 4) is 0 Å². The molecular formula is C22H36N5Na5O10. The van der Waals surface area contributed by atoms with Crippen LogP contribution in [0.25, 0.3) is 0 Å². The first-order chi connectivity index (χ1) is 17.4. The number of carboxylic acid groups (broad SMARTS) is 5. The van der Waals surface area contributed by atoms with Crippen molar-refractivity contribution in [1.29, 1.82) is 0 Å². The standard InChI is InChI=1S/C22H41N5O10.5Na/c1-3-23(6-12-27(16-21(34)35)17-22(36)37)5-8-25(14-19(30)31)10-11-26(15-20(32)33)9-7-24(4-2)13-18(28)29;;;;;/h3-17H2,1-2H3,(H,28,29)(H,30,31)(H,32,33)(H,34,35)(H,36,37);;;;;/q;5*+1/p-5. The van der Waals surface area contributed by atoms with E-state index in [1.807, 2.05) is 11.8 Å². The fourth-order valence-electron chi connectivity index (χ4n) is 3.58. The van der Waals surface area contributed by atoms with Gasteiger partial charge < -0.3 is 54.4 Å². The van der Waals surface area contributed by atoms with Gasteiger partial charge in [-0.25, -0.2) is 0 Å². The summed E-state index contributed by atoms with van der Waals surface area (Å²) in [5.41, 5.74) is 0. The Morgan fingerprint density at radius 3 is 0.810 bits per heavy atom. The zero-order valence-corrected chi connectivity index (χ0v) is 36.4. The maximum absolute atomic E-state index is 11.2. The number of rotatable bonds is 24. The van der Waals surface area contributed by atoms with Crippen molar-refractivity contribution in [2.75, 3.05) is 98.2 Å². The number of aliphatic carboxylic acids is 5. The Labute approximate surface area is 358 Å². The Balaban J connectivity index is -0.000000648. The summed E-state index contributed by atoms with van der Waals surface area (Å²) in [5, 5.41) is 54.9. The van der Waals surface area contributed by atoms with Gasteiger partial charge in [0.05, 0.1) is 29.8 Å². The molecule has 0 unspecified atom stereocenters.